The first-order chi connectivity index (χ1) is 14.8. The summed E-state index contributed by atoms with van der Waals surface area (Å²) >= 11 is 0. The second-order valence-electron chi connectivity index (χ2n) is 8.92. The highest BCUT2D eigenvalue weighted by molar-refractivity contribution is 6.01. The van der Waals surface area contributed by atoms with E-state index in [2.05, 4.69) is 10.2 Å². The van der Waals surface area contributed by atoms with Crippen LogP contribution in [0.3, 0.4) is 0 Å². The van der Waals surface area contributed by atoms with Gasteiger partial charge in [-0.3, -0.25) is 14.4 Å². The van der Waals surface area contributed by atoms with E-state index in [1.807, 2.05) is 37.9 Å². The number of rotatable bonds is 7. The Morgan fingerprint density at radius 2 is 1.77 bits per heavy atom. The zero-order valence-corrected chi connectivity index (χ0v) is 19.0. The van der Waals surface area contributed by atoms with Crippen LogP contribution >= 0.6 is 0 Å². The molecule has 8 heteroatoms. The third-order valence-corrected chi connectivity index (χ3v) is 6.02. The molecule has 1 aromatic carbocycles. The molecule has 1 aromatic rings. The molecule has 2 aliphatic rings. The fourth-order valence-electron chi connectivity index (χ4n) is 4.12. The van der Waals surface area contributed by atoms with Crippen LogP contribution in [-0.4, -0.2) is 80.4 Å². The van der Waals surface area contributed by atoms with E-state index >= 15 is 0 Å². The van der Waals surface area contributed by atoms with Crippen molar-refractivity contribution in [3.8, 4) is 5.75 Å². The number of likely N-dealkylation sites (N-methyl/N-ethyl adjacent to an activating group) is 1. The van der Waals surface area contributed by atoms with Crippen molar-refractivity contribution in [1.82, 2.24) is 15.1 Å². The van der Waals surface area contributed by atoms with Gasteiger partial charge in [0.15, 0.2) is 0 Å². The molecule has 170 valence electrons. The number of benzene rings is 1. The van der Waals surface area contributed by atoms with Crippen molar-refractivity contribution in [2.45, 2.75) is 32.7 Å². The predicted molar refractivity (Wildman–Crippen MR) is 119 cm³/mol. The van der Waals surface area contributed by atoms with E-state index in [0.717, 1.165) is 18.8 Å². The van der Waals surface area contributed by atoms with E-state index in [9.17, 15) is 14.4 Å². The van der Waals surface area contributed by atoms with Crippen molar-refractivity contribution in [3.63, 3.8) is 0 Å². The van der Waals surface area contributed by atoms with Crippen LogP contribution in [0.5, 0.6) is 5.75 Å². The molecule has 2 unspecified atom stereocenters. The van der Waals surface area contributed by atoms with E-state index in [-0.39, 0.29) is 30.1 Å². The van der Waals surface area contributed by atoms with E-state index in [1.165, 1.54) is 0 Å². The number of nitrogens with one attached hydrogen (secondary N) is 1. The lowest BCUT2D eigenvalue weighted by molar-refractivity contribution is -0.139. The van der Waals surface area contributed by atoms with Crippen molar-refractivity contribution < 1.29 is 19.1 Å². The molecule has 3 amide bonds. The van der Waals surface area contributed by atoms with Gasteiger partial charge in [0.05, 0.1) is 13.0 Å². The predicted octanol–water partition coefficient (Wildman–Crippen LogP) is 1.35. The van der Waals surface area contributed by atoms with E-state index < -0.39 is 12.0 Å². The summed E-state index contributed by atoms with van der Waals surface area (Å²) in [4.78, 5) is 44.3. The van der Waals surface area contributed by atoms with Crippen LogP contribution in [0.2, 0.25) is 0 Å². The van der Waals surface area contributed by atoms with Crippen LogP contribution in [0.25, 0.3) is 0 Å². The molecule has 3 rings (SSSR count). The van der Waals surface area contributed by atoms with Crippen LogP contribution < -0.4 is 15.0 Å². The molecule has 8 nitrogen and oxygen atoms in total. The standard InChI is InChI=1S/C23H34N4O4/c1-16(2)13-20(23(30)26-11-9-25(3)10-12-26)24-22(29)17-14-21(28)27(15-17)18-5-7-19(31-4)8-6-18/h5-8,16-17,20H,9-15H2,1-4H3,(H,24,29). The molecular formula is C23H34N4O4. The molecule has 0 saturated carbocycles. The molecule has 2 heterocycles. The second kappa shape index (κ2) is 10.1. The second-order valence-corrected chi connectivity index (χ2v) is 8.92. The smallest absolute Gasteiger partial charge is 0.245 e. The van der Waals surface area contributed by atoms with Crippen molar-refractivity contribution >= 4 is 23.4 Å². The van der Waals surface area contributed by atoms with Gasteiger partial charge in [-0.15, -0.1) is 0 Å². The highest BCUT2D eigenvalue weighted by atomic mass is 16.5. The fraction of sp³-hybridized carbons (Fsp3) is 0.609. The summed E-state index contributed by atoms with van der Waals surface area (Å²) < 4.78 is 5.17. The fourth-order valence-corrected chi connectivity index (χ4v) is 4.12. The van der Waals surface area contributed by atoms with Gasteiger partial charge in [0.2, 0.25) is 17.7 Å². The van der Waals surface area contributed by atoms with E-state index in [4.69, 9.17) is 4.74 Å². The highest BCUT2D eigenvalue weighted by Crippen LogP contribution is 2.27. The monoisotopic (exact) mass is 430 g/mol. The van der Waals surface area contributed by atoms with Gasteiger partial charge in [-0.05, 0) is 43.7 Å². The summed E-state index contributed by atoms with van der Waals surface area (Å²) in [5, 5.41) is 2.97. The number of nitrogens with zero attached hydrogens (tertiary/aromatic N) is 3. The maximum absolute atomic E-state index is 13.1. The number of methoxy groups -OCH3 is 1. The molecule has 0 aromatic heterocycles. The molecule has 2 saturated heterocycles. The molecule has 2 aliphatic heterocycles. The SMILES string of the molecule is COc1ccc(N2CC(C(=O)NC(CC(C)C)C(=O)N3CCN(C)CC3)CC2=O)cc1. The van der Waals surface area contributed by atoms with Gasteiger partial charge < -0.3 is 24.8 Å². The van der Waals surface area contributed by atoms with Gasteiger partial charge in [0, 0.05) is 44.8 Å². The lowest BCUT2D eigenvalue weighted by atomic mass is 10.0. The van der Waals surface area contributed by atoms with Crippen molar-refractivity contribution in [1.29, 1.82) is 0 Å². The minimum Gasteiger partial charge on any atom is -0.497 e. The zero-order chi connectivity index (χ0) is 22.5. The Labute approximate surface area is 184 Å². The average molecular weight is 431 g/mol. The molecule has 2 atom stereocenters. The Bertz CT molecular complexity index is 787. The first-order valence-electron chi connectivity index (χ1n) is 11.0. The Morgan fingerprint density at radius 1 is 1.13 bits per heavy atom. The molecule has 0 bridgehead atoms. The third-order valence-electron chi connectivity index (χ3n) is 6.02. The number of carbonyl (C=O) groups is 3. The van der Waals surface area contributed by atoms with Crippen molar-refractivity contribution in [2.75, 3.05) is 51.8 Å². The Kier molecular flexibility index (Phi) is 7.54. The Morgan fingerprint density at radius 3 is 2.35 bits per heavy atom. The summed E-state index contributed by atoms with van der Waals surface area (Å²) in [5.74, 6) is 0.177. The highest BCUT2D eigenvalue weighted by Gasteiger charge is 2.37. The van der Waals surface area contributed by atoms with Crippen LogP contribution in [0.1, 0.15) is 26.7 Å². The summed E-state index contributed by atoms with van der Waals surface area (Å²) in [5.41, 5.74) is 0.744. The first-order valence-corrected chi connectivity index (χ1v) is 11.0. The van der Waals surface area contributed by atoms with Crippen molar-refractivity contribution in [3.05, 3.63) is 24.3 Å². The van der Waals surface area contributed by atoms with Gasteiger partial charge in [-0.25, -0.2) is 0 Å². The van der Waals surface area contributed by atoms with E-state index in [1.54, 1.807) is 24.1 Å². The van der Waals surface area contributed by atoms with Gasteiger partial charge in [0.1, 0.15) is 11.8 Å². The number of piperazine rings is 1. The number of hydrogen-bond acceptors (Lipinski definition) is 5. The minimum absolute atomic E-state index is 0.0218. The normalized spacial score (nSPS) is 20.8. The van der Waals surface area contributed by atoms with Crippen LogP contribution in [0.15, 0.2) is 24.3 Å². The Hall–Kier alpha value is -2.61. The van der Waals surface area contributed by atoms with Crippen molar-refractivity contribution in [2.24, 2.45) is 11.8 Å². The average Bonchev–Trinajstić information content (AvgIpc) is 3.15. The number of anilines is 1. The minimum atomic E-state index is -0.555. The molecule has 31 heavy (non-hydrogen) atoms. The summed E-state index contributed by atoms with van der Waals surface area (Å²) in [7, 11) is 3.63. The van der Waals surface area contributed by atoms with E-state index in [0.29, 0.717) is 31.8 Å². The first kappa shape index (κ1) is 23.1. The lowest BCUT2D eigenvalue weighted by Gasteiger charge is -2.35. The number of hydrogen-bond donors (Lipinski definition) is 1. The lowest BCUT2D eigenvalue weighted by Crippen LogP contribution is -2.55. The quantitative estimate of drug-likeness (QED) is 0.706. The van der Waals surface area contributed by atoms with Gasteiger partial charge >= 0.3 is 0 Å². The summed E-state index contributed by atoms with van der Waals surface area (Å²) in [6.45, 7) is 7.42. The maximum atomic E-state index is 13.1. The van der Waals surface area contributed by atoms with Crippen LogP contribution in [0.4, 0.5) is 5.69 Å². The third kappa shape index (κ3) is 5.76. The van der Waals surface area contributed by atoms with Crippen LogP contribution in [-0.2, 0) is 14.4 Å². The molecule has 1 N–H and O–H groups in total. The molecule has 0 spiro atoms. The largest absolute Gasteiger partial charge is 0.497 e. The number of carbonyl (C=O) groups excluding carboxylic acids is 3. The van der Waals surface area contributed by atoms with Gasteiger partial charge in [0.25, 0.3) is 0 Å². The zero-order valence-electron chi connectivity index (χ0n) is 19.0. The summed E-state index contributed by atoms with van der Waals surface area (Å²) in [6.07, 6.45) is 0.731. The van der Waals surface area contributed by atoms with Crippen LogP contribution in [0, 0.1) is 11.8 Å². The molecular weight excluding hydrogens is 396 g/mol. The molecule has 0 aliphatic carbocycles. The number of ether oxygens (including phenoxy) is 1. The summed E-state index contributed by atoms with van der Waals surface area (Å²) in [6, 6.07) is 6.67. The maximum Gasteiger partial charge on any atom is 0.245 e. The van der Waals surface area contributed by atoms with Gasteiger partial charge in [-0.1, -0.05) is 13.8 Å². The molecule has 0 radical (unpaired) electrons. The Balaban J connectivity index is 1.64. The molecule has 2 fully saturated rings. The van der Waals surface area contributed by atoms with Gasteiger partial charge in [-0.2, -0.15) is 0 Å². The number of amides is 3. The topological polar surface area (TPSA) is 82.2 Å².